The molecule has 1 atom stereocenters. The first-order valence-electron chi connectivity index (χ1n) is 7.60. The van der Waals surface area contributed by atoms with E-state index in [4.69, 9.17) is 0 Å². The highest BCUT2D eigenvalue weighted by molar-refractivity contribution is 7.09. The van der Waals surface area contributed by atoms with E-state index < -0.39 is 0 Å². The van der Waals surface area contributed by atoms with Crippen molar-refractivity contribution >= 4 is 42.1 Å². The Morgan fingerprint density at radius 1 is 1.23 bits per heavy atom. The lowest BCUT2D eigenvalue weighted by Crippen LogP contribution is -2.54. The fraction of sp³-hybridized carbons (Fsp3) is 0.667. The monoisotopic (exact) mass is 365 g/mol. The lowest BCUT2D eigenvalue weighted by atomic mass is 10.0. The number of piperazine rings is 1. The van der Waals surface area contributed by atoms with E-state index in [1.165, 1.54) is 17.7 Å². The minimum absolute atomic E-state index is 0. The number of nitrogens with zero attached hydrogens (tertiary/aromatic N) is 2. The van der Waals surface area contributed by atoms with Crippen molar-refractivity contribution < 1.29 is 4.79 Å². The molecule has 2 aliphatic rings. The van der Waals surface area contributed by atoms with Crippen LogP contribution in [0.2, 0.25) is 0 Å². The topological polar surface area (TPSA) is 35.6 Å². The molecule has 7 heteroatoms. The highest BCUT2D eigenvalue weighted by Gasteiger charge is 2.28. The predicted octanol–water partition coefficient (Wildman–Crippen LogP) is 2.38. The normalized spacial score (nSPS) is 22.5. The van der Waals surface area contributed by atoms with Crippen LogP contribution in [0.3, 0.4) is 0 Å². The van der Waals surface area contributed by atoms with Crippen LogP contribution in [0.25, 0.3) is 0 Å². The van der Waals surface area contributed by atoms with Gasteiger partial charge in [-0.25, -0.2) is 0 Å². The molecule has 0 radical (unpaired) electrons. The molecule has 3 heterocycles. The fourth-order valence-corrected chi connectivity index (χ4v) is 3.78. The maximum atomic E-state index is 12.4. The number of carbonyl (C=O) groups is 1. The summed E-state index contributed by atoms with van der Waals surface area (Å²) >= 11 is 1.81. The van der Waals surface area contributed by atoms with Crippen LogP contribution in [0.15, 0.2) is 17.5 Å². The zero-order valence-electron chi connectivity index (χ0n) is 12.7. The Balaban J connectivity index is 0.00000121. The van der Waals surface area contributed by atoms with Gasteiger partial charge in [-0.15, -0.1) is 36.2 Å². The Morgan fingerprint density at radius 3 is 2.59 bits per heavy atom. The summed E-state index contributed by atoms with van der Waals surface area (Å²) < 4.78 is 0. The maximum absolute atomic E-state index is 12.4. The molecule has 0 bridgehead atoms. The molecule has 3 rings (SSSR count). The number of nitrogens with one attached hydrogen (secondary N) is 1. The van der Waals surface area contributed by atoms with E-state index in [0.29, 0.717) is 5.91 Å². The maximum Gasteiger partial charge on any atom is 0.239 e. The van der Waals surface area contributed by atoms with Crippen LogP contribution in [0.5, 0.6) is 0 Å². The van der Waals surface area contributed by atoms with E-state index in [0.717, 1.165) is 45.7 Å². The van der Waals surface area contributed by atoms with Crippen molar-refractivity contribution in [1.82, 2.24) is 15.1 Å². The molecule has 1 N–H and O–H groups in total. The molecule has 22 heavy (non-hydrogen) atoms. The van der Waals surface area contributed by atoms with Crippen LogP contribution in [0, 0.1) is 0 Å². The number of amides is 1. The third kappa shape index (κ3) is 5.10. The van der Waals surface area contributed by atoms with Gasteiger partial charge in [-0.1, -0.05) is 12.5 Å². The summed E-state index contributed by atoms with van der Waals surface area (Å²) in [6, 6.07) is 4.37. The molecule has 0 spiro atoms. The fourth-order valence-electron chi connectivity index (χ4n) is 3.03. The largest absolute Gasteiger partial charge is 0.339 e. The average molecular weight is 366 g/mol. The van der Waals surface area contributed by atoms with Crippen molar-refractivity contribution in [2.45, 2.75) is 31.8 Å². The molecule has 2 aliphatic heterocycles. The molecule has 1 amide bonds. The van der Waals surface area contributed by atoms with Crippen molar-refractivity contribution in [1.29, 1.82) is 0 Å². The van der Waals surface area contributed by atoms with Gasteiger partial charge in [0, 0.05) is 37.6 Å². The van der Waals surface area contributed by atoms with E-state index in [9.17, 15) is 4.79 Å². The number of rotatable bonds is 3. The summed E-state index contributed by atoms with van der Waals surface area (Å²) in [5.41, 5.74) is 0. The second kappa shape index (κ2) is 9.73. The summed E-state index contributed by atoms with van der Waals surface area (Å²) in [6.07, 6.45) is 3.40. The Hall–Kier alpha value is -0.330. The molecule has 4 nitrogen and oxygen atoms in total. The van der Waals surface area contributed by atoms with Gasteiger partial charge in [0.05, 0.1) is 6.04 Å². The highest BCUT2D eigenvalue weighted by atomic mass is 35.5. The lowest BCUT2D eigenvalue weighted by Gasteiger charge is -2.37. The van der Waals surface area contributed by atoms with Gasteiger partial charge in [-0.2, -0.15) is 0 Å². The van der Waals surface area contributed by atoms with E-state index >= 15 is 0 Å². The van der Waals surface area contributed by atoms with E-state index in [1.807, 2.05) is 16.2 Å². The molecule has 126 valence electrons. The Labute approximate surface area is 149 Å². The van der Waals surface area contributed by atoms with Crippen LogP contribution < -0.4 is 5.32 Å². The summed E-state index contributed by atoms with van der Waals surface area (Å²) in [6.45, 7) is 5.77. The summed E-state index contributed by atoms with van der Waals surface area (Å²) in [4.78, 5) is 18.3. The second-order valence-electron chi connectivity index (χ2n) is 5.68. The Bertz CT molecular complexity index is 430. The summed E-state index contributed by atoms with van der Waals surface area (Å²) in [5.74, 6) is 0.320. The zero-order valence-corrected chi connectivity index (χ0v) is 15.2. The zero-order chi connectivity index (χ0) is 13.8. The Morgan fingerprint density at radius 2 is 2.00 bits per heavy atom. The predicted molar refractivity (Wildman–Crippen MR) is 96.3 cm³/mol. The van der Waals surface area contributed by atoms with Crippen molar-refractivity contribution in [3.63, 3.8) is 0 Å². The SMILES string of the molecule is Cl.Cl.O=C(C1CCCCN1)N1CCN(Cc2cccs2)CC1. The standard InChI is InChI=1S/C15H23N3OS.2ClH/c19-15(14-5-1-2-6-16-14)18-9-7-17(8-10-18)12-13-4-3-11-20-13;;/h3-4,11,14,16H,1-2,5-10,12H2;2*1H. The molecule has 0 aromatic carbocycles. The molecule has 2 saturated heterocycles. The second-order valence-corrected chi connectivity index (χ2v) is 6.72. The summed E-state index contributed by atoms with van der Waals surface area (Å²) in [5, 5.41) is 5.49. The van der Waals surface area contributed by atoms with Gasteiger partial charge in [0.1, 0.15) is 0 Å². The number of piperidine rings is 1. The number of halogens is 2. The van der Waals surface area contributed by atoms with Crippen LogP contribution in [-0.4, -0.2) is 54.5 Å². The molecular weight excluding hydrogens is 341 g/mol. The van der Waals surface area contributed by atoms with E-state index in [-0.39, 0.29) is 30.9 Å². The minimum atomic E-state index is 0. The third-order valence-corrected chi connectivity index (χ3v) is 5.11. The molecule has 0 saturated carbocycles. The van der Waals surface area contributed by atoms with Crippen LogP contribution in [-0.2, 0) is 11.3 Å². The highest BCUT2D eigenvalue weighted by Crippen LogP contribution is 2.15. The van der Waals surface area contributed by atoms with Gasteiger partial charge in [-0.3, -0.25) is 9.69 Å². The molecule has 2 fully saturated rings. The van der Waals surface area contributed by atoms with Gasteiger partial charge in [0.15, 0.2) is 0 Å². The van der Waals surface area contributed by atoms with Gasteiger partial charge in [0.25, 0.3) is 0 Å². The number of hydrogen-bond donors (Lipinski definition) is 1. The van der Waals surface area contributed by atoms with Crippen LogP contribution in [0.1, 0.15) is 24.1 Å². The van der Waals surface area contributed by atoms with Crippen LogP contribution in [0.4, 0.5) is 0 Å². The first kappa shape index (κ1) is 19.7. The van der Waals surface area contributed by atoms with Gasteiger partial charge in [0.2, 0.25) is 5.91 Å². The third-order valence-electron chi connectivity index (χ3n) is 4.25. The average Bonchev–Trinajstić information content (AvgIpc) is 3.01. The van der Waals surface area contributed by atoms with E-state index in [1.54, 1.807) is 0 Å². The van der Waals surface area contributed by atoms with Gasteiger partial charge >= 0.3 is 0 Å². The quantitative estimate of drug-likeness (QED) is 0.892. The molecular formula is C15H25Cl2N3OS. The minimum Gasteiger partial charge on any atom is -0.339 e. The van der Waals surface area contributed by atoms with Gasteiger partial charge in [-0.05, 0) is 30.8 Å². The molecule has 1 aromatic heterocycles. The van der Waals surface area contributed by atoms with Gasteiger partial charge < -0.3 is 10.2 Å². The summed E-state index contributed by atoms with van der Waals surface area (Å²) in [7, 11) is 0. The molecule has 1 unspecified atom stereocenters. The molecule has 0 aliphatic carbocycles. The van der Waals surface area contributed by atoms with Crippen LogP contribution >= 0.6 is 36.2 Å². The number of hydrogen-bond acceptors (Lipinski definition) is 4. The van der Waals surface area contributed by atoms with Crippen molar-refractivity contribution in [3.05, 3.63) is 22.4 Å². The van der Waals surface area contributed by atoms with Crippen molar-refractivity contribution in [2.24, 2.45) is 0 Å². The number of carbonyl (C=O) groups excluding carboxylic acids is 1. The van der Waals surface area contributed by atoms with Crippen molar-refractivity contribution in [3.8, 4) is 0 Å². The van der Waals surface area contributed by atoms with Crippen molar-refractivity contribution in [2.75, 3.05) is 32.7 Å². The smallest absolute Gasteiger partial charge is 0.239 e. The number of thiophene rings is 1. The molecule has 1 aromatic rings. The Kier molecular flexibility index (Phi) is 8.72. The first-order valence-corrected chi connectivity index (χ1v) is 8.48. The lowest BCUT2D eigenvalue weighted by molar-refractivity contribution is -0.135. The first-order chi connectivity index (χ1) is 9.83. The van der Waals surface area contributed by atoms with E-state index in [2.05, 4.69) is 27.7 Å².